The Kier molecular flexibility index (Phi) is 2.25. The zero-order chi connectivity index (χ0) is 8.27. The van der Waals surface area contributed by atoms with Crippen molar-refractivity contribution < 1.29 is 5.11 Å². The first-order chi connectivity index (χ1) is 5.27. The number of rotatable bonds is 1. The van der Waals surface area contributed by atoms with Gasteiger partial charge in [0.15, 0.2) is 0 Å². The Morgan fingerprint density at radius 3 is 2.82 bits per heavy atom. The lowest BCUT2D eigenvalue weighted by molar-refractivity contribution is 0.282. The highest BCUT2D eigenvalue weighted by Crippen LogP contribution is 2.09. The number of nitrogens with zero attached hydrogens (tertiary/aromatic N) is 1. The molecule has 0 bridgehead atoms. The molecule has 0 aliphatic carbocycles. The third-order valence-corrected chi connectivity index (χ3v) is 1.61. The zero-order valence-corrected chi connectivity index (χ0v) is 6.33. The van der Waals surface area contributed by atoms with E-state index >= 15 is 0 Å². The number of aryl methyl sites for hydroxylation is 1. The summed E-state index contributed by atoms with van der Waals surface area (Å²) in [5.41, 5.74) is 2.37. The Hall–Kier alpha value is -1.33. The number of aliphatic hydroxyl groups is 1. The van der Waals surface area contributed by atoms with Gasteiger partial charge in [0.2, 0.25) is 0 Å². The monoisotopic (exact) mass is 147 g/mol. The molecule has 0 unspecified atom stereocenters. The first kappa shape index (κ1) is 7.77. The molecule has 0 amide bonds. The van der Waals surface area contributed by atoms with Gasteiger partial charge in [0, 0.05) is 0 Å². The average molecular weight is 147 g/mol. The van der Waals surface area contributed by atoms with Crippen molar-refractivity contribution >= 4 is 0 Å². The van der Waals surface area contributed by atoms with Crippen LogP contribution >= 0.6 is 0 Å². The third kappa shape index (κ3) is 1.57. The molecule has 1 N–H and O–H groups in total. The van der Waals surface area contributed by atoms with E-state index in [0.29, 0.717) is 5.56 Å². The van der Waals surface area contributed by atoms with Crippen LogP contribution in [0.15, 0.2) is 18.2 Å². The number of benzene rings is 1. The minimum Gasteiger partial charge on any atom is -0.392 e. The molecule has 0 saturated carbocycles. The van der Waals surface area contributed by atoms with E-state index in [1.807, 2.05) is 19.1 Å². The molecule has 0 heterocycles. The van der Waals surface area contributed by atoms with Crippen LogP contribution in [0.3, 0.4) is 0 Å². The second-order valence-corrected chi connectivity index (χ2v) is 2.42. The Morgan fingerprint density at radius 2 is 2.27 bits per heavy atom. The summed E-state index contributed by atoms with van der Waals surface area (Å²) >= 11 is 0. The molecule has 2 heteroatoms. The SMILES string of the molecule is Cc1ccc(CO)cc1C#N. The van der Waals surface area contributed by atoms with Crippen LogP contribution in [0.25, 0.3) is 0 Å². The topological polar surface area (TPSA) is 44.0 Å². The van der Waals surface area contributed by atoms with Crippen LogP contribution in [0.2, 0.25) is 0 Å². The van der Waals surface area contributed by atoms with Crippen molar-refractivity contribution in [1.82, 2.24) is 0 Å². The van der Waals surface area contributed by atoms with Crippen LogP contribution in [-0.4, -0.2) is 5.11 Å². The molecular formula is C9H9NO. The van der Waals surface area contributed by atoms with Gasteiger partial charge in [-0.15, -0.1) is 0 Å². The standard InChI is InChI=1S/C9H9NO/c1-7-2-3-8(6-11)4-9(7)5-10/h2-4,11H,6H2,1H3. The van der Waals surface area contributed by atoms with Crippen molar-refractivity contribution in [2.45, 2.75) is 13.5 Å². The van der Waals surface area contributed by atoms with E-state index in [1.54, 1.807) is 6.07 Å². The van der Waals surface area contributed by atoms with E-state index in [9.17, 15) is 0 Å². The van der Waals surface area contributed by atoms with Gasteiger partial charge in [-0.25, -0.2) is 0 Å². The Balaban J connectivity index is 3.15. The maximum Gasteiger partial charge on any atom is 0.0994 e. The molecule has 1 aromatic carbocycles. The van der Waals surface area contributed by atoms with E-state index in [2.05, 4.69) is 6.07 Å². The summed E-state index contributed by atoms with van der Waals surface area (Å²) in [6.45, 7) is 1.87. The van der Waals surface area contributed by atoms with E-state index in [0.717, 1.165) is 11.1 Å². The van der Waals surface area contributed by atoms with Gasteiger partial charge in [0.25, 0.3) is 0 Å². The summed E-state index contributed by atoms with van der Waals surface area (Å²) in [6.07, 6.45) is 0. The fourth-order valence-corrected chi connectivity index (χ4v) is 0.888. The number of aliphatic hydroxyl groups excluding tert-OH is 1. The molecule has 11 heavy (non-hydrogen) atoms. The van der Waals surface area contributed by atoms with E-state index < -0.39 is 0 Å². The average Bonchev–Trinajstić information content (AvgIpc) is 2.05. The van der Waals surface area contributed by atoms with Crippen molar-refractivity contribution in [3.05, 3.63) is 34.9 Å². The van der Waals surface area contributed by atoms with Gasteiger partial charge in [-0.2, -0.15) is 5.26 Å². The van der Waals surface area contributed by atoms with Crippen molar-refractivity contribution in [2.75, 3.05) is 0 Å². The predicted octanol–water partition coefficient (Wildman–Crippen LogP) is 1.36. The summed E-state index contributed by atoms with van der Waals surface area (Å²) < 4.78 is 0. The molecule has 1 aromatic rings. The summed E-state index contributed by atoms with van der Waals surface area (Å²) in [5.74, 6) is 0. The largest absolute Gasteiger partial charge is 0.392 e. The van der Waals surface area contributed by atoms with Gasteiger partial charge in [-0.05, 0) is 24.1 Å². The predicted molar refractivity (Wildman–Crippen MR) is 41.8 cm³/mol. The van der Waals surface area contributed by atoms with Crippen LogP contribution in [0.5, 0.6) is 0 Å². The van der Waals surface area contributed by atoms with Crippen LogP contribution in [0, 0.1) is 18.3 Å². The van der Waals surface area contributed by atoms with Gasteiger partial charge in [-0.1, -0.05) is 12.1 Å². The minimum absolute atomic E-state index is 0.00500. The molecule has 56 valence electrons. The molecule has 2 nitrogen and oxygen atoms in total. The van der Waals surface area contributed by atoms with Gasteiger partial charge in [0.1, 0.15) is 0 Å². The molecular weight excluding hydrogens is 138 g/mol. The highest BCUT2D eigenvalue weighted by molar-refractivity contribution is 5.39. The molecule has 0 fully saturated rings. The molecule has 0 aliphatic rings. The van der Waals surface area contributed by atoms with Crippen LogP contribution in [0.1, 0.15) is 16.7 Å². The molecule has 0 aliphatic heterocycles. The lowest BCUT2D eigenvalue weighted by Gasteiger charge is -1.98. The Bertz CT molecular complexity index is 299. The highest BCUT2D eigenvalue weighted by Gasteiger charge is 1.97. The van der Waals surface area contributed by atoms with Crippen molar-refractivity contribution in [3.63, 3.8) is 0 Å². The first-order valence-electron chi connectivity index (χ1n) is 3.38. The van der Waals surface area contributed by atoms with Gasteiger partial charge < -0.3 is 5.11 Å². The Morgan fingerprint density at radius 1 is 1.55 bits per heavy atom. The van der Waals surface area contributed by atoms with Crippen LogP contribution < -0.4 is 0 Å². The van der Waals surface area contributed by atoms with Crippen molar-refractivity contribution in [2.24, 2.45) is 0 Å². The third-order valence-electron chi connectivity index (χ3n) is 1.61. The molecule has 0 spiro atoms. The zero-order valence-electron chi connectivity index (χ0n) is 6.33. The summed E-state index contributed by atoms with van der Waals surface area (Å²) in [5, 5.41) is 17.3. The first-order valence-corrected chi connectivity index (χ1v) is 3.38. The fraction of sp³-hybridized carbons (Fsp3) is 0.222. The van der Waals surface area contributed by atoms with E-state index in [1.165, 1.54) is 0 Å². The summed E-state index contributed by atoms with van der Waals surface area (Å²) in [7, 11) is 0. The number of hydrogen-bond donors (Lipinski definition) is 1. The lowest BCUT2D eigenvalue weighted by atomic mass is 10.1. The second kappa shape index (κ2) is 3.18. The van der Waals surface area contributed by atoms with Gasteiger partial charge in [0.05, 0.1) is 18.2 Å². The molecule has 0 radical (unpaired) electrons. The number of nitriles is 1. The van der Waals surface area contributed by atoms with Gasteiger partial charge >= 0.3 is 0 Å². The maximum absolute atomic E-state index is 8.74. The summed E-state index contributed by atoms with van der Waals surface area (Å²) in [4.78, 5) is 0. The fourth-order valence-electron chi connectivity index (χ4n) is 0.888. The van der Waals surface area contributed by atoms with Crippen LogP contribution in [-0.2, 0) is 6.61 Å². The molecule has 1 rings (SSSR count). The van der Waals surface area contributed by atoms with Gasteiger partial charge in [-0.3, -0.25) is 0 Å². The minimum atomic E-state index is -0.00500. The van der Waals surface area contributed by atoms with E-state index in [4.69, 9.17) is 10.4 Å². The molecule has 0 saturated heterocycles. The summed E-state index contributed by atoms with van der Waals surface area (Å²) in [6, 6.07) is 7.42. The van der Waals surface area contributed by atoms with Crippen molar-refractivity contribution in [1.29, 1.82) is 5.26 Å². The lowest BCUT2D eigenvalue weighted by Crippen LogP contribution is -1.87. The Labute approximate surface area is 65.7 Å². The smallest absolute Gasteiger partial charge is 0.0994 e. The highest BCUT2D eigenvalue weighted by atomic mass is 16.3. The number of hydrogen-bond acceptors (Lipinski definition) is 2. The second-order valence-electron chi connectivity index (χ2n) is 2.42. The maximum atomic E-state index is 8.74. The molecule has 0 atom stereocenters. The quantitative estimate of drug-likeness (QED) is 0.651. The normalized spacial score (nSPS) is 9.18. The van der Waals surface area contributed by atoms with E-state index in [-0.39, 0.29) is 6.61 Å². The van der Waals surface area contributed by atoms with Crippen LogP contribution in [0.4, 0.5) is 0 Å². The van der Waals surface area contributed by atoms with Crippen molar-refractivity contribution in [3.8, 4) is 6.07 Å². The molecule has 0 aromatic heterocycles.